The predicted molar refractivity (Wildman–Crippen MR) is 165 cm³/mol. The van der Waals surface area contributed by atoms with E-state index in [0.29, 0.717) is 45.5 Å². The van der Waals surface area contributed by atoms with Gasteiger partial charge in [-0.25, -0.2) is 5.43 Å². The molecule has 0 saturated heterocycles. The second-order valence-electron chi connectivity index (χ2n) is 8.68. The lowest BCUT2D eigenvalue weighted by atomic mass is 10.1. The maximum Gasteiger partial charge on any atom is 0.262 e. The van der Waals surface area contributed by atoms with Gasteiger partial charge in [0.25, 0.3) is 11.8 Å². The lowest BCUT2D eigenvalue weighted by molar-refractivity contribution is -0.132. The van der Waals surface area contributed by atoms with Gasteiger partial charge in [0.1, 0.15) is 18.4 Å². The Morgan fingerprint density at radius 3 is 2.49 bits per heavy atom. The number of carbonyl (C=O) groups excluding carboxylic acids is 2. The van der Waals surface area contributed by atoms with Gasteiger partial charge in [0.15, 0.2) is 17.6 Å². The SMILES string of the molecule is C=CCOc1c(Br)cc(/C=N\NC(=O)[C@H](Cc2ccccc2)NC(=O)[C@H](C)Oc2ccc(Cl)cc2Cl)cc1OCC. The lowest BCUT2D eigenvalue weighted by Gasteiger charge is -2.21. The summed E-state index contributed by atoms with van der Waals surface area (Å²) in [6.07, 6.45) is 2.40. The van der Waals surface area contributed by atoms with Crippen LogP contribution >= 0.6 is 39.1 Å². The topological polar surface area (TPSA) is 98.2 Å². The second-order valence-corrected chi connectivity index (χ2v) is 10.4. The molecule has 0 spiro atoms. The van der Waals surface area contributed by atoms with Crippen LogP contribution in [0.2, 0.25) is 10.0 Å². The highest BCUT2D eigenvalue weighted by Crippen LogP contribution is 2.36. The lowest BCUT2D eigenvalue weighted by Crippen LogP contribution is -2.50. The Hall–Kier alpha value is -3.53. The molecule has 3 aromatic rings. The molecule has 0 aromatic heterocycles. The van der Waals surface area contributed by atoms with E-state index < -0.39 is 24.0 Å². The standard InChI is InChI=1S/C30H30BrCl2N3O5/c1-4-13-40-28-23(31)14-21(16-27(28)39-5-2)18-34-36-30(38)25(15-20-9-7-6-8-10-20)35-29(37)19(3)41-26-12-11-22(32)17-24(26)33/h4,6-12,14,16-19,25H,1,5,13,15H2,2-3H3,(H,35,37)(H,36,38)/b34-18-/t19-,25-/m0/s1. The van der Waals surface area contributed by atoms with Crippen LogP contribution < -0.4 is 25.0 Å². The van der Waals surface area contributed by atoms with Gasteiger partial charge in [-0.15, -0.1) is 0 Å². The zero-order valence-electron chi connectivity index (χ0n) is 22.5. The Morgan fingerprint density at radius 1 is 1.05 bits per heavy atom. The molecule has 3 aromatic carbocycles. The zero-order chi connectivity index (χ0) is 29.8. The minimum absolute atomic E-state index is 0.234. The molecule has 11 heteroatoms. The van der Waals surface area contributed by atoms with Crippen molar-refractivity contribution < 1.29 is 23.8 Å². The molecule has 0 fully saturated rings. The van der Waals surface area contributed by atoms with E-state index in [2.05, 4.69) is 38.4 Å². The van der Waals surface area contributed by atoms with Crippen molar-refractivity contribution in [3.63, 3.8) is 0 Å². The summed E-state index contributed by atoms with van der Waals surface area (Å²) < 4.78 is 17.8. The molecular weight excluding hydrogens is 633 g/mol. The van der Waals surface area contributed by atoms with Crippen molar-refractivity contribution >= 4 is 57.2 Å². The molecule has 3 rings (SSSR count). The Balaban J connectivity index is 1.73. The smallest absolute Gasteiger partial charge is 0.262 e. The normalized spacial score (nSPS) is 12.3. The summed E-state index contributed by atoms with van der Waals surface area (Å²) in [6, 6.07) is 16.6. The summed E-state index contributed by atoms with van der Waals surface area (Å²) >= 11 is 15.6. The highest BCUT2D eigenvalue weighted by atomic mass is 79.9. The molecule has 41 heavy (non-hydrogen) atoms. The van der Waals surface area contributed by atoms with Crippen LogP contribution in [0.25, 0.3) is 0 Å². The Kier molecular flexibility index (Phi) is 12.5. The van der Waals surface area contributed by atoms with Gasteiger partial charge in [0.2, 0.25) is 0 Å². The molecule has 0 aliphatic carbocycles. The van der Waals surface area contributed by atoms with E-state index in [0.717, 1.165) is 5.56 Å². The zero-order valence-corrected chi connectivity index (χ0v) is 25.6. The molecule has 0 aliphatic heterocycles. The number of carbonyl (C=O) groups is 2. The number of benzene rings is 3. The van der Waals surface area contributed by atoms with E-state index >= 15 is 0 Å². The average molecular weight is 663 g/mol. The van der Waals surface area contributed by atoms with Gasteiger partial charge in [0.05, 0.1) is 22.3 Å². The van der Waals surface area contributed by atoms with Gasteiger partial charge in [-0.2, -0.15) is 5.10 Å². The first-order chi connectivity index (χ1) is 19.7. The van der Waals surface area contributed by atoms with E-state index in [-0.39, 0.29) is 11.4 Å². The molecule has 2 atom stereocenters. The van der Waals surface area contributed by atoms with Crippen LogP contribution in [0.3, 0.4) is 0 Å². The van der Waals surface area contributed by atoms with Gasteiger partial charge >= 0.3 is 0 Å². The predicted octanol–water partition coefficient (Wildman–Crippen LogP) is 6.36. The Labute approximate surface area is 257 Å². The number of ether oxygens (including phenoxy) is 3. The average Bonchev–Trinajstić information content (AvgIpc) is 2.94. The van der Waals surface area contributed by atoms with Crippen LogP contribution in [-0.4, -0.2) is 43.4 Å². The molecule has 0 heterocycles. The van der Waals surface area contributed by atoms with Gasteiger partial charge < -0.3 is 19.5 Å². The fourth-order valence-corrected chi connectivity index (χ4v) is 4.65. The number of rotatable bonds is 14. The highest BCUT2D eigenvalue weighted by Gasteiger charge is 2.25. The van der Waals surface area contributed by atoms with Crippen molar-refractivity contribution in [3.05, 3.63) is 99.0 Å². The van der Waals surface area contributed by atoms with Gasteiger partial charge in [-0.1, -0.05) is 66.2 Å². The maximum atomic E-state index is 13.2. The van der Waals surface area contributed by atoms with Crippen molar-refractivity contribution in [1.82, 2.24) is 10.7 Å². The molecule has 0 bridgehead atoms. The van der Waals surface area contributed by atoms with Crippen LogP contribution in [0.5, 0.6) is 17.2 Å². The number of amides is 2. The molecule has 2 amide bonds. The van der Waals surface area contributed by atoms with Crippen LogP contribution in [-0.2, 0) is 16.0 Å². The van der Waals surface area contributed by atoms with Crippen molar-refractivity contribution in [2.45, 2.75) is 32.4 Å². The summed E-state index contributed by atoms with van der Waals surface area (Å²) in [6.45, 7) is 7.83. The molecule has 0 aliphatic rings. The van der Waals surface area contributed by atoms with E-state index in [4.69, 9.17) is 37.4 Å². The van der Waals surface area contributed by atoms with Crippen molar-refractivity contribution in [3.8, 4) is 17.2 Å². The first-order valence-corrected chi connectivity index (χ1v) is 14.3. The number of halogens is 3. The van der Waals surface area contributed by atoms with E-state index in [9.17, 15) is 9.59 Å². The molecule has 2 N–H and O–H groups in total. The minimum atomic E-state index is -0.945. The van der Waals surface area contributed by atoms with Crippen molar-refractivity contribution in [2.24, 2.45) is 5.10 Å². The summed E-state index contributed by atoms with van der Waals surface area (Å²) in [5, 5.41) is 7.57. The van der Waals surface area contributed by atoms with Crippen molar-refractivity contribution in [2.75, 3.05) is 13.2 Å². The number of hydrazone groups is 1. The van der Waals surface area contributed by atoms with E-state index in [1.54, 1.807) is 37.3 Å². The van der Waals surface area contributed by atoms with Crippen molar-refractivity contribution in [1.29, 1.82) is 0 Å². The van der Waals surface area contributed by atoms with Gasteiger partial charge in [0, 0.05) is 11.4 Å². The first kappa shape index (κ1) is 32.0. The van der Waals surface area contributed by atoms with Crippen LogP contribution in [0.15, 0.2) is 82.9 Å². The number of hydrogen-bond donors (Lipinski definition) is 2. The summed E-state index contributed by atoms with van der Waals surface area (Å²) in [5.74, 6) is 0.336. The third-order valence-corrected chi connectivity index (χ3v) is 6.67. The fourth-order valence-electron chi connectivity index (χ4n) is 3.62. The number of nitrogens with one attached hydrogen (secondary N) is 2. The molecular formula is C30H30BrCl2N3O5. The quantitative estimate of drug-likeness (QED) is 0.119. The summed E-state index contributed by atoms with van der Waals surface area (Å²) in [4.78, 5) is 26.2. The summed E-state index contributed by atoms with van der Waals surface area (Å²) in [5.41, 5.74) is 4.02. The molecule has 8 nitrogen and oxygen atoms in total. The third-order valence-electron chi connectivity index (χ3n) is 5.55. The number of hydrogen-bond acceptors (Lipinski definition) is 6. The Morgan fingerprint density at radius 2 is 1.80 bits per heavy atom. The molecule has 0 radical (unpaired) electrons. The molecule has 216 valence electrons. The van der Waals surface area contributed by atoms with E-state index in [1.807, 2.05) is 37.3 Å². The summed E-state index contributed by atoms with van der Waals surface area (Å²) in [7, 11) is 0. The first-order valence-electron chi connectivity index (χ1n) is 12.7. The third kappa shape index (κ3) is 9.81. The fraction of sp³-hybridized carbons (Fsp3) is 0.233. The van der Waals surface area contributed by atoms with Gasteiger partial charge in [-0.05, 0) is 71.2 Å². The number of nitrogens with zero attached hydrogens (tertiary/aromatic N) is 1. The van der Waals surface area contributed by atoms with Crippen LogP contribution in [0, 0.1) is 0 Å². The molecule has 0 saturated carbocycles. The monoisotopic (exact) mass is 661 g/mol. The Bertz CT molecular complexity index is 1390. The largest absolute Gasteiger partial charge is 0.490 e. The maximum absolute atomic E-state index is 13.2. The van der Waals surface area contributed by atoms with E-state index in [1.165, 1.54) is 12.3 Å². The van der Waals surface area contributed by atoms with Gasteiger partial charge in [-0.3, -0.25) is 9.59 Å². The highest BCUT2D eigenvalue weighted by molar-refractivity contribution is 9.10. The van der Waals surface area contributed by atoms with Crippen LogP contribution in [0.1, 0.15) is 25.0 Å². The van der Waals surface area contributed by atoms with Crippen LogP contribution in [0.4, 0.5) is 0 Å². The minimum Gasteiger partial charge on any atom is -0.490 e. The second kappa shape index (κ2) is 16.0. The molecule has 0 unspecified atom stereocenters.